The molecule has 1 N–H and O–H groups in total. The van der Waals surface area contributed by atoms with Crippen LogP contribution in [-0.4, -0.2) is 25.0 Å². The van der Waals surface area contributed by atoms with E-state index in [1.807, 2.05) is 24.4 Å². The van der Waals surface area contributed by atoms with Gasteiger partial charge in [-0.2, -0.15) is 0 Å². The van der Waals surface area contributed by atoms with E-state index >= 15 is 4.39 Å². The lowest BCUT2D eigenvalue weighted by atomic mass is 9.88. The minimum Gasteiger partial charge on any atom is -0.382 e. The van der Waals surface area contributed by atoms with Crippen molar-refractivity contribution in [3.63, 3.8) is 0 Å². The molecule has 2 unspecified atom stereocenters. The molecule has 5 nitrogen and oxygen atoms in total. The van der Waals surface area contributed by atoms with Gasteiger partial charge < -0.3 is 5.11 Å². The Bertz CT molecular complexity index is 1440. The Labute approximate surface area is 224 Å². The van der Waals surface area contributed by atoms with Crippen LogP contribution in [0.2, 0.25) is 0 Å². The van der Waals surface area contributed by atoms with Crippen molar-refractivity contribution in [3.05, 3.63) is 89.2 Å². The molecule has 0 aliphatic rings. The molecule has 6 heteroatoms. The smallest absolute Gasteiger partial charge is 0.159 e. The SMILES string of the molecule is CCC(C)/C=C/c1ccc(F)c(C(CC)Cc2c(C)cnc3ccc(-c4cnc(C(C)(C)O)nc4)cc23)n1. The fourth-order valence-electron chi connectivity index (χ4n) is 4.52. The van der Waals surface area contributed by atoms with Gasteiger partial charge in [0.15, 0.2) is 5.82 Å². The second-order valence-electron chi connectivity index (χ2n) is 10.7. The summed E-state index contributed by atoms with van der Waals surface area (Å²) in [7, 11) is 0. The van der Waals surface area contributed by atoms with E-state index < -0.39 is 5.60 Å². The highest BCUT2D eigenvalue weighted by atomic mass is 19.1. The first-order valence-electron chi connectivity index (χ1n) is 13.4. The zero-order valence-electron chi connectivity index (χ0n) is 23.2. The lowest BCUT2D eigenvalue weighted by Gasteiger charge is -2.19. The molecule has 0 aliphatic heterocycles. The molecule has 3 heterocycles. The van der Waals surface area contributed by atoms with Gasteiger partial charge in [-0.15, -0.1) is 0 Å². The third kappa shape index (κ3) is 6.13. The number of aromatic nitrogens is 4. The molecule has 0 fully saturated rings. The van der Waals surface area contributed by atoms with Crippen LogP contribution in [0.3, 0.4) is 0 Å². The van der Waals surface area contributed by atoms with Gasteiger partial charge in [-0.25, -0.2) is 14.4 Å². The van der Waals surface area contributed by atoms with E-state index in [4.69, 9.17) is 4.98 Å². The minimum absolute atomic E-state index is 0.0747. The van der Waals surface area contributed by atoms with Gasteiger partial charge in [-0.05, 0) is 86.6 Å². The number of hydrogen-bond donors (Lipinski definition) is 1. The van der Waals surface area contributed by atoms with Gasteiger partial charge in [0.1, 0.15) is 11.4 Å². The molecule has 4 rings (SSSR count). The normalized spacial score (nSPS) is 13.8. The molecule has 0 amide bonds. The molecule has 0 saturated heterocycles. The van der Waals surface area contributed by atoms with Crippen molar-refractivity contribution in [2.45, 2.75) is 72.3 Å². The van der Waals surface area contributed by atoms with Gasteiger partial charge in [-0.1, -0.05) is 39.3 Å². The number of rotatable bonds is 9. The summed E-state index contributed by atoms with van der Waals surface area (Å²) in [6, 6.07) is 9.39. The molecule has 1 aromatic carbocycles. The highest BCUT2D eigenvalue weighted by Gasteiger charge is 2.21. The summed E-state index contributed by atoms with van der Waals surface area (Å²) in [5.41, 5.74) is 5.10. The first-order chi connectivity index (χ1) is 18.1. The minimum atomic E-state index is -1.10. The Hall–Kier alpha value is -3.51. The second-order valence-corrected chi connectivity index (χ2v) is 10.7. The molecule has 0 aliphatic carbocycles. The summed E-state index contributed by atoms with van der Waals surface area (Å²) < 4.78 is 15.1. The van der Waals surface area contributed by atoms with Crippen LogP contribution in [0.1, 0.15) is 81.7 Å². The van der Waals surface area contributed by atoms with Gasteiger partial charge in [-0.3, -0.25) is 9.97 Å². The Morgan fingerprint density at radius 3 is 2.37 bits per heavy atom. The van der Waals surface area contributed by atoms with E-state index in [9.17, 15) is 5.11 Å². The monoisotopic (exact) mass is 512 g/mol. The van der Waals surface area contributed by atoms with E-state index in [1.165, 1.54) is 6.07 Å². The van der Waals surface area contributed by atoms with Crippen LogP contribution in [0.4, 0.5) is 4.39 Å². The number of nitrogens with zero attached hydrogens (tertiary/aromatic N) is 4. The summed E-state index contributed by atoms with van der Waals surface area (Å²) in [5, 5.41) is 11.2. The molecule has 3 aromatic heterocycles. The van der Waals surface area contributed by atoms with E-state index in [0.717, 1.165) is 51.7 Å². The number of aliphatic hydroxyl groups is 1. The number of halogens is 1. The molecule has 38 heavy (non-hydrogen) atoms. The number of allylic oxidation sites excluding steroid dienone is 1. The summed E-state index contributed by atoms with van der Waals surface area (Å²) >= 11 is 0. The first-order valence-corrected chi connectivity index (χ1v) is 13.4. The highest BCUT2D eigenvalue weighted by Crippen LogP contribution is 2.32. The van der Waals surface area contributed by atoms with Crippen molar-refractivity contribution in [1.82, 2.24) is 19.9 Å². The Morgan fingerprint density at radius 1 is 0.974 bits per heavy atom. The zero-order valence-corrected chi connectivity index (χ0v) is 23.2. The fraction of sp³-hybridized carbons (Fsp3) is 0.375. The zero-order chi connectivity index (χ0) is 27.4. The highest BCUT2D eigenvalue weighted by molar-refractivity contribution is 5.87. The van der Waals surface area contributed by atoms with E-state index in [0.29, 0.717) is 23.9 Å². The van der Waals surface area contributed by atoms with Crippen LogP contribution < -0.4 is 0 Å². The van der Waals surface area contributed by atoms with E-state index in [-0.39, 0.29) is 11.7 Å². The first kappa shape index (κ1) is 27.5. The van der Waals surface area contributed by atoms with Crippen molar-refractivity contribution < 1.29 is 9.50 Å². The molecule has 2 atom stereocenters. The van der Waals surface area contributed by atoms with Crippen molar-refractivity contribution >= 4 is 17.0 Å². The fourth-order valence-corrected chi connectivity index (χ4v) is 4.52. The number of fused-ring (bicyclic) bond motifs is 1. The maximum absolute atomic E-state index is 15.1. The molecular formula is C32H37FN4O. The second kappa shape index (κ2) is 11.5. The molecule has 0 spiro atoms. The Morgan fingerprint density at radius 2 is 1.71 bits per heavy atom. The predicted molar refractivity (Wildman–Crippen MR) is 152 cm³/mol. The maximum atomic E-state index is 15.1. The summed E-state index contributed by atoms with van der Waals surface area (Å²) in [5.74, 6) is 0.485. The van der Waals surface area contributed by atoms with Gasteiger partial charge >= 0.3 is 0 Å². The number of hydrogen-bond acceptors (Lipinski definition) is 5. The van der Waals surface area contributed by atoms with Crippen LogP contribution in [0.15, 0.2) is 55.0 Å². The summed E-state index contributed by atoms with van der Waals surface area (Å²) in [6.45, 7) is 11.8. The Balaban J connectivity index is 1.72. The van der Waals surface area contributed by atoms with Crippen LogP contribution in [0.5, 0.6) is 0 Å². The van der Waals surface area contributed by atoms with E-state index in [1.54, 1.807) is 32.3 Å². The standard InChI is InChI=1S/C32H37FN4O/c1-7-20(3)9-11-25-12-13-28(33)30(37-25)22(8-2)15-26-21(4)17-34-29-14-10-23(16-27(26)29)24-18-35-31(36-19-24)32(5,6)38/h9-14,16-20,22,38H,7-8,15H2,1-6H3/b11-9+. The molecule has 4 aromatic rings. The Kier molecular flexibility index (Phi) is 8.32. The molecule has 0 bridgehead atoms. The third-order valence-corrected chi connectivity index (χ3v) is 7.19. The summed E-state index contributed by atoms with van der Waals surface area (Å²) in [6.07, 6.45) is 11.9. The van der Waals surface area contributed by atoms with Crippen LogP contribution in [0.25, 0.3) is 28.1 Å². The van der Waals surface area contributed by atoms with Crippen LogP contribution >= 0.6 is 0 Å². The van der Waals surface area contributed by atoms with Gasteiger partial charge in [0, 0.05) is 35.5 Å². The van der Waals surface area contributed by atoms with Gasteiger partial charge in [0.25, 0.3) is 0 Å². The maximum Gasteiger partial charge on any atom is 0.159 e. The average Bonchev–Trinajstić information content (AvgIpc) is 2.91. The third-order valence-electron chi connectivity index (χ3n) is 7.19. The van der Waals surface area contributed by atoms with Crippen molar-refractivity contribution in [1.29, 1.82) is 0 Å². The average molecular weight is 513 g/mol. The summed E-state index contributed by atoms with van der Waals surface area (Å²) in [4.78, 5) is 18.1. The quantitative estimate of drug-likeness (QED) is 0.251. The molecular weight excluding hydrogens is 475 g/mol. The van der Waals surface area contributed by atoms with E-state index in [2.05, 4.69) is 54.8 Å². The molecule has 0 saturated carbocycles. The molecule has 0 radical (unpaired) electrons. The lowest BCUT2D eigenvalue weighted by molar-refractivity contribution is 0.0687. The lowest BCUT2D eigenvalue weighted by Crippen LogP contribution is -2.19. The van der Waals surface area contributed by atoms with Gasteiger partial charge in [0.2, 0.25) is 0 Å². The number of aryl methyl sites for hydroxylation is 1. The van der Waals surface area contributed by atoms with Crippen molar-refractivity contribution in [2.75, 3.05) is 0 Å². The largest absolute Gasteiger partial charge is 0.382 e. The topological polar surface area (TPSA) is 71.8 Å². The number of pyridine rings is 2. The van der Waals surface area contributed by atoms with Gasteiger partial charge in [0.05, 0.1) is 16.9 Å². The number of benzene rings is 1. The van der Waals surface area contributed by atoms with Crippen molar-refractivity contribution in [3.8, 4) is 11.1 Å². The predicted octanol–water partition coefficient (Wildman–Crippen LogP) is 7.56. The molecule has 198 valence electrons. The van der Waals surface area contributed by atoms with Crippen molar-refractivity contribution in [2.24, 2.45) is 5.92 Å². The van der Waals surface area contributed by atoms with Crippen LogP contribution in [-0.2, 0) is 12.0 Å². The van der Waals surface area contributed by atoms with Crippen LogP contribution in [0, 0.1) is 18.7 Å².